The van der Waals surface area contributed by atoms with E-state index in [2.05, 4.69) is 68.4 Å². The molecule has 0 aromatic heterocycles. The molecule has 4 aromatic rings. The highest BCUT2D eigenvalue weighted by Crippen LogP contribution is 2.42. The van der Waals surface area contributed by atoms with E-state index in [1.165, 1.54) is 63.6 Å². The fraction of sp³-hybridized carbons (Fsp3) is 0.333. The van der Waals surface area contributed by atoms with Gasteiger partial charge < -0.3 is 4.74 Å². The van der Waals surface area contributed by atoms with Crippen molar-refractivity contribution in [3.8, 4) is 5.75 Å². The Morgan fingerprint density at radius 1 is 0.643 bits per heavy atom. The van der Waals surface area contributed by atoms with E-state index < -0.39 is 0 Å². The van der Waals surface area contributed by atoms with Crippen LogP contribution in [-0.4, -0.2) is 7.11 Å². The molecule has 0 aliphatic heterocycles. The number of methoxy groups -OCH3 is 1. The van der Waals surface area contributed by atoms with Gasteiger partial charge in [0.05, 0.1) is 7.11 Å². The Bertz CT molecular complexity index is 1120. The van der Waals surface area contributed by atoms with Crippen molar-refractivity contribution in [2.75, 3.05) is 7.11 Å². The summed E-state index contributed by atoms with van der Waals surface area (Å²) in [6.07, 6.45) is 7.19. The van der Waals surface area contributed by atoms with Gasteiger partial charge in [0.2, 0.25) is 0 Å². The summed E-state index contributed by atoms with van der Waals surface area (Å²) in [5.74, 6) is 0.985. The topological polar surface area (TPSA) is 9.23 Å². The first kappa shape index (κ1) is 18.8. The van der Waals surface area contributed by atoms with Crippen molar-refractivity contribution in [3.05, 3.63) is 65.7 Å². The van der Waals surface area contributed by atoms with Gasteiger partial charge in [-0.1, -0.05) is 75.2 Å². The number of aryl methyl sites for hydroxylation is 2. The SMILES string of the molecule is CCCCc1c(CCCC)c2ccc3ccccc3c2c2c(OC)cccc12. The van der Waals surface area contributed by atoms with Crippen LogP contribution in [0.1, 0.15) is 50.7 Å². The Morgan fingerprint density at radius 2 is 1.29 bits per heavy atom. The molecule has 4 rings (SSSR count). The van der Waals surface area contributed by atoms with Crippen LogP contribution in [0.2, 0.25) is 0 Å². The lowest BCUT2D eigenvalue weighted by atomic mass is 9.85. The number of unbranched alkanes of at least 4 members (excludes halogenated alkanes) is 2. The lowest BCUT2D eigenvalue weighted by Gasteiger charge is -2.20. The molecule has 28 heavy (non-hydrogen) atoms. The highest BCUT2D eigenvalue weighted by atomic mass is 16.5. The maximum Gasteiger partial charge on any atom is 0.127 e. The van der Waals surface area contributed by atoms with Crippen molar-refractivity contribution in [2.24, 2.45) is 0 Å². The molecule has 0 saturated heterocycles. The van der Waals surface area contributed by atoms with Gasteiger partial charge in [-0.2, -0.15) is 0 Å². The second-order valence-corrected chi connectivity index (χ2v) is 7.76. The molecule has 0 amide bonds. The Morgan fingerprint density at radius 3 is 1.96 bits per heavy atom. The normalized spacial score (nSPS) is 11.5. The standard InChI is InChI=1S/C27H30O/c1-4-6-12-21-22(13-7-5-2)24-18-17-19-11-8-9-14-20(19)26(24)27-23(21)15-10-16-25(27)28-3/h8-11,14-18H,4-7,12-13H2,1-3H3. The molecule has 0 bridgehead atoms. The third-order valence-electron chi connectivity index (χ3n) is 6.00. The number of hydrogen-bond acceptors (Lipinski definition) is 1. The van der Waals surface area contributed by atoms with E-state index in [9.17, 15) is 0 Å². The summed E-state index contributed by atoms with van der Waals surface area (Å²) in [5, 5.41) is 8.05. The first-order chi connectivity index (χ1) is 13.8. The summed E-state index contributed by atoms with van der Waals surface area (Å²) in [6, 6.07) is 20.0. The van der Waals surface area contributed by atoms with Crippen molar-refractivity contribution in [1.29, 1.82) is 0 Å². The molecule has 144 valence electrons. The smallest absolute Gasteiger partial charge is 0.127 e. The fourth-order valence-corrected chi connectivity index (χ4v) is 4.61. The minimum Gasteiger partial charge on any atom is -0.496 e. The number of rotatable bonds is 7. The molecule has 1 heteroatoms. The summed E-state index contributed by atoms with van der Waals surface area (Å²) in [7, 11) is 1.79. The molecule has 0 radical (unpaired) electrons. The maximum atomic E-state index is 5.86. The van der Waals surface area contributed by atoms with E-state index >= 15 is 0 Å². The molecule has 0 aliphatic rings. The second-order valence-electron chi connectivity index (χ2n) is 7.76. The highest BCUT2D eigenvalue weighted by molar-refractivity contribution is 6.23. The van der Waals surface area contributed by atoms with Gasteiger partial charge in [0, 0.05) is 10.8 Å². The number of benzene rings is 4. The van der Waals surface area contributed by atoms with Gasteiger partial charge in [-0.25, -0.2) is 0 Å². The first-order valence-corrected chi connectivity index (χ1v) is 10.7. The summed E-state index contributed by atoms with van der Waals surface area (Å²) in [4.78, 5) is 0. The Hall–Kier alpha value is -2.54. The van der Waals surface area contributed by atoms with Crippen molar-refractivity contribution in [1.82, 2.24) is 0 Å². The zero-order chi connectivity index (χ0) is 19.5. The second kappa shape index (κ2) is 8.22. The summed E-state index contributed by atoms with van der Waals surface area (Å²) >= 11 is 0. The molecule has 0 spiro atoms. The average Bonchev–Trinajstić information content (AvgIpc) is 2.75. The fourth-order valence-electron chi connectivity index (χ4n) is 4.61. The highest BCUT2D eigenvalue weighted by Gasteiger charge is 2.18. The lowest BCUT2D eigenvalue weighted by molar-refractivity contribution is 0.420. The van der Waals surface area contributed by atoms with E-state index in [4.69, 9.17) is 4.74 Å². The minimum atomic E-state index is 0.985. The van der Waals surface area contributed by atoms with Crippen molar-refractivity contribution < 1.29 is 4.74 Å². The van der Waals surface area contributed by atoms with Crippen LogP contribution in [0.5, 0.6) is 5.75 Å². The predicted molar refractivity (Wildman–Crippen MR) is 123 cm³/mol. The maximum absolute atomic E-state index is 5.86. The molecule has 0 N–H and O–H groups in total. The van der Waals surface area contributed by atoms with Gasteiger partial charge in [0.1, 0.15) is 5.75 Å². The lowest BCUT2D eigenvalue weighted by Crippen LogP contribution is -2.01. The van der Waals surface area contributed by atoms with Crippen molar-refractivity contribution in [3.63, 3.8) is 0 Å². The van der Waals surface area contributed by atoms with Gasteiger partial charge in [-0.05, 0) is 64.4 Å². The average molecular weight is 371 g/mol. The molecule has 0 heterocycles. The molecule has 4 aromatic carbocycles. The third-order valence-corrected chi connectivity index (χ3v) is 6.00. The summed E-state index contributed by atoms with van der Waals surface area (Å²) in [5.41, 5.74) is 3.09. The number of ether oxygens (including phenoxy) is 1. The zero-order valence-corrected chi connectivity index (χ0v) is 17.3. The van der Waals surface area contributed by atoms with Crippen LogP contribution in [-0.2, 0) is 12.8 Å². The third kappa shape index (κ3) is 3.13. The molecular formula is C27H30O. The van der Waals surface area contributed by atoms with E-state index in [0.717, 1.165) is 18.6 Å². The van der Waals surface area contributed by atoms with Crippen molar-refractivity contribution >= 4 is 32.3 Å². The van der Waals surface area contributed by atoms with Crippen LogP contribution in [0.25, 0.3) is 32.3 Å². The van der Waals surface area contributed by atoms with Gasteiger partial charge in [-0.3, -0.25) is 0 Å². The van der Waals surface area contributed by atoms with E-state index in [1.807, 2.05) is 0 Å². The quantitative estimate of drug-likeness (QED) is 0.301. The van der Waals surface area contributed by atoms with Gasteiger partial charge in [-0.15, -0.1) is 0 Å². The molecule has 1 nitrogen and oxygen atoms in total. The summed E-state index contributed by atoms with van der Waals surface area (Å²) < 4.78 is 5.86. The molecule has 0 fully saturated rings. The van der Waals surface area contributed by atoms with Crippen LogP contribution in [0.4, 0.5) is 0 Å². The number of fused-ring (bicyclic) bond motifs is 5. The van der Waals surface area contributed by atoms with E-state index in [0.29, 0.717) is 0 Å². The van der Waals surface area contributed by atoms with Crippen LogP contribution in [0.15, 0.2) is 54.6 Å². The first-order valence-electron chi connectivity index (χ1n) is 10.7. The van der Waals surface area contributed by atoms with Crippen molar-refractivity contribution in [2.45, 2.75) is 52.4 Å². The molecular weight excluding hydrogens is 340 g/mol. The van der Waals surface area contributed by atoms with Gasteiger partial charge in [0.25, 0.3) is 0 Å². The van der Waals surface area contributed by atoms with Crippen LogP contribution >= 0.6 is 0 Å². The van der Waals surface area contributed by atoms with Crippen LogP contribution < -0.4 is 4.74 Å². The minimum absolute atomic E-state index is 0.985. The molecule has 0 unspecified atom stereocenters. The molecule has 0 saturated carbocycles. The Balaban J connectivity index is 2.21. The largest absolute Gasteiger partial charge is 0.496 e. The predicted octanol–water partition coefficient (Wildman–Crippen LogP) is 7.84. The zero-order valence-electron chi connectivity index (χ0n) is 17.3. The number of hydrogen-bond donors (Lipinski definition) is 0. The molecule has 0 aliphatic carbocycles. The monoisotopic (exact) mass is 370 g/mol. The van der Waals surface area contributed by atoms with E-state index in [-0.39, 0.29) is 0 Å². The molecule has 0 atom stereocenters. The van der Waals surface area contributed by atoms with Crippen LogP contribution in [0.3, 0.4) is 0 Å². The Kier molecular flexibility index (Phi) is 5.52. The summed E-state index contributed by atoms with van der Waals surface area (Å²) in [6.45, 7) is 4.57. The van der Waals surface area contributed by atoms with Gasteiger partial charge >= 0.3 is 0 Å². The van der Waals surface area contributed by atoms with E-state index in [1.54, 1.807) is 12.7 Å². The van der Waals surface area contributed by atoms with Gasteiger partial charge in [0.15, 0.2) is 0 Å². The Labute approximate surface area is 168 Å². The van der Waals surface area contributed by atoms with Crippen LogP contribution in [0, 0.1) is 0 Å².